The van der Waals surface area contributed by atoms with E-state index in [9.17, 15) is 0 Å². The molecule has 2 spiro atoms. The highest BCUT2D eigenvalue weighted by Crippen LogP contribution is 2.71. The van der Waals surface area contributed by atoms with Crippen molar-refractivity contribution in [1.29, 1.82) is 0 Å². The molecular weight excluding hydrogens is 905 g/mol. The molecule has 7 aliphatic rings. The summed E-state index contributed by atoms with van der Waals surface area (Å²) in [5.41, 5.74) is 20.1. The van der Waals surface area contributed by atoms with E-state index >= 15 is 0 Å². The molecule has 17 rings (SSSR count). The van der Waals surface area contributed by atoms with E-state index in [-0.39, 0.29) is 5.41 Å². The van der Waals surface area contributed by atoms with Crippen LogP contribution in [0.3, 0.4) is 0 Å². The summed E-state index contributed by atoms with van der Waals surface area (Å²) in [7, 11) is 0. The maximum absolute atomic E-state index is 5.23. The normalized spacial score (nSPS) is 21.8. The van der Waals surface area contributed by atoms with E-state index in [0.717, 1.165) is 34.2 Å². The Morgan fingerprint density at radius 3 is 1.38 bits per heavy atom. The van der Waals surface area contributed by atoms with E-state index in [0.29, 0.717) is 29.3 Å². The third-order valence-corrected chi connectivity index (χ3v) is 19.1. The summed E-state index contributed by atoms with van der Waals surface area (Å²) >= 11 is 1.82. The summed E-state index contributed by atoms with van der Waals surface area (Å²) in [5.74, 6) is 4.95. The van der Waals surface area contributed by atoms with Crippen LogP contribution in [0.4, 0.5) is 17.1 Å². The van der Waals surface area contributed by atoms with Crippen LogP contribution in [0, 0.1) is 23.7 Å². The van der Waals surface area contributed by atoms with Gasteiger partial charge in [0.15, 0.2) is 17.5 Å². The van der Waals surface area contributed by atoms with Crippen LogP contribution in [0.2, 0.25) is 0 Å². The van der Waals surface area contributed by atoms with Crippen molar-refractivity contribution in [3.63, 3.8) is 0 Å². The van der Waals surface area contributed by atoms with E-state index in [2.05, 4.69) is 205 Å². The largest absolute Gasteiger partial charge is 0.308 e. The number of nitrogens with zero attached hydrogens (tertiary/aromatic N) is 4. The molecule has 0 radical (unpaired) electrons. The monoisotopic (exact) mass is 954 g/mol. The zero-order chi connectivity index (χ0) is 47.8. The third-order valence-electron chi connectivity index (χ3n) is 18.0. The first kappa shape index (κ1) is 41.7. The molecule has 4 fully saturated rings. The second-order valence-corrected chi connectivity index (χ2v) is 22.6. The van der Waals surface area contributed by atoms with Gasteiger partial charge in [0.05, 0.1) is 16.8 Å². The van der Waals surface area contributed by atoms with E-state index in [1.54, 1.807) is 11.1 Å². The summed E-state index contributed by atoms with van der Waals surface area (Å²) in [5, 5.41) is 0. The van der Waals surface area contributed by atoms with Crippen LogP contribution in [0.15, 0.2) is 228 Å². The number of anilines is 3. The Labute approximate surface area is 430 Å². The first-order valence-corrected chi connectivity index (χ1v) is 27.1. The average molecular weight is 955 g/mol. The summed E-state index contributed by atoms with van der Waals surface area (Å²) in [6.07, 6.45) is 6.78. The summed E-state index contributed by atoms with van der Waals surface area (Å²) in [4.78, 5) is 20.4. The maximum atomic E-state index is 5.23. The van der Waals surface area contributed by atoms with Gasteiger partial charge >= 0.3 is 0 Å². The standard InChI is InChI=1S/C68H50N4S/c1-2-14-45(15-3-1)64-69-65(71-66(70-64)47-30-33-51(34-31-47)72-60-22-10-12-24-62(60)73-63-25-13-11-23-61(63)72)46-28-26-44(27-29-46)48-32-35-58-59(41-48)67(49-37-42-36-43(39-49)40-50(67)38-42)56-20-8-9-21-57(56)68(58)54-18-6-4-16-52(54)53-17-5-7-19-55(53)68/h1-35,41-43,49-50H,36-40H2. The molecule has 0 amide bonds. The molecule has 5 heteroatoms. The molecule has 0 unspecified atom stereocenters. The van der Waals surface area contributed by atoms with Crippen LogP contribution < -0.4 is 4.90 Å². The molecule has 10 aromatic rings. The van der Waals surface area contributed by atoms with E-state index in [4.69, 9.17) is 15.0 Å². The van der Waals surface area contributed by atoms with Crippen molar-refractivity contribution in [2.45, 2.75) is 52.7 Å². The molecule has 0 N–H and O–H groups in total. The highest BCUT2D eigenvalue weighted by Gasteiger charge is 2.64. The number of rotatable bonds is 5. The van der Waals surface area contributed by atoms with Gasteiger partial charge in [-0.05, 0) is 166 Å². The summed E-state index contributed by atoms with van der Waals surface area (Å²) in [6.45, 7) is 0. The van der Waals surface area contributed by atoms with Crippen molar-refractivity contribution < 1.29 is 0 Å². The van der Waals surface area contributed by atoms with Gasteiger partial charge in [0, 0.05) is 37.6 Å². The quantitative estimate of drug-likeness (QED) is 0.172. The van der Waals surface area contributed by atoms with Crippen molar-refractivity contribution in [3.05, 3.63) is 252 Å². The van der Waals surface area contributed by atoms with Crippen LogP contribution in [0.25, 0.3) is 56.4 Å². The van der Waals surface area contributed by atoms with Crippen molar-refractivity contribution >= 4 is 28.8 Å². The maximum Gasteiger partial charge on any atom is 0.164 e. The van der Waals surface area contributed by atoms with Crippen molar-refractivity contribution in [2.24, 2.45) is 23.7 Å². The minimum Gasteiger partial charge on any atom is -0.308 e. The fraction of sp³-hybridized carbons (Fsp3) is 0.162. The molecule has 4 nitrogen and oxygen atoms in total. The van der Waals surface area contributed by atoms with E-state index < -0.39 is 5.41 Å². The topological polar surface area (TPSA) is 41.9 Å². The second-order valence-electron chi connectivity index (χ2n) is 21.5. The minimum absolute atomic E-state index is 0.0256. The molecule has 4 bridgehead atoms. The second kappa shape index (κ2) is 15.8. The van der Waals surface area contributed by atoms with Crippen LogP contribution in [0.1, 0.15) is 65.5 Å². The van der Waals surface area contributed by atoms with Gasteiger partial charge < -0.3 is 4.90 Å². The lowest BCUT2D eigenvalue weighted by atomic mass is 9.38. The zero-order valence-corrected chi connectivity index (χ0v) is 41.1. The molecule has 1 aliphatic heterocycles. The Hall–Kier alpha value is -7.86. The van der Waals surface area contributed by atoms with Crippen molar-refractivity contribution in [1.82, 2.24) is 15.0 Å². The van der Waals surface area contributed by atoms with Crippen molar-refractivity contribution in [2.75, 3.05) is 4.90 Å². The number of hydrogen-bond donors (Lipinski definition) is 0. The lowest BCUT2D eigenvalue weighted by molar-refractivity contribution is -0.0440. The number of para-hydroxylation sites is 2. The molecule has 348 valence electrons. The lowest BCUT2D eigenvalue weighted by Crippen LogP contribution is -2.59. The van der Waals surface area contributed by atoms with Crippen LogP contribution in [0.5, 0.6) is 0 Å². The first-order valence-electron chi connectivity index (χ1n) is 26.3. The smallest absolute Gasteiger partial charge is 0.164 e. The third kappa shape index (κ3) is 5.94. The molecule has 2 heterocycles. The van der Waals surface area contributed by atoms with Crippen molar-refractivity contribution in [3.8, 4) is 56.4 Å². The summed E-state index contributed by atoms with van der Waals surface area (Å²) < 4.78 is 0. The van der Waals surface area contributed by atoms with E-state index in [1.165, 1.54) is 97.8 Å². The van der Waals surface area contributed by atoms with Gasteiger partial charge in [-0.15, -0.1) is 0 Å². The predicted octanol–water partition coefficient (Wildman–Crippen LogP) is 16.9. The van der Waals surface area contributed by atoms with Crippen LogP contribution in [-0.4, -0.2) is 15.0 Å². The number of fused-ring (bicyclic) bond motifs is 11. The number of hydrogen-bond acceptors (Lipinski definition) is 5. The highest BCUT2D eigenvalue weighted by atomic mass is 32.2. The molecule has 73 heavy (non-hydrogen) atoms. The number of aromatic nitrogens is 3. The molecule has 4 saturated carbocycles. The van der Waals surface area contributed by atoms with Gasteiger partial charge in [-0.2, -0.15) is 0 Å². The lowest BCUT2D eigenvalue weighted by Gasteiger charge is -2.65. The Balaban J connectivity index is 0.816. The first-order chi connectivity index (χ1) is 36.1. The molecular formula is C68H50N4S. The fourth-order valence-electron chi connectivity index (χ4n) is 15.4. The van der Waals surface area contributed by atoms with Crippen LogP contribution in [-0.2, 0) is 10.8 Å². The predicted molar refractivity (Wildman–Crippen MR) is 296 cm³/mol. The molecule has 6 aliphatic carbocycles. The van der Waals surface area contributed by atoms with Gasteiger partial charge in [0.25, 0.3) is 0 Å². The molecule has 1 aromatic heterocycles. The number of benzene rings is 9. The van der Waals surface area contributed by atoms with Gasteiger partial charge in [-0.3, -0.25) is 0 Å². The average Bonchev–Trinajstić information content (AvgIpc) is 3.75. The fourth-order valence-corrected chi connectivity index (χ4v) is 16.4. The molecule has 0 saturated heterocycles. The SMILES string of the molecule is c1ccc(-c2nc(-c3ccc(-c4ccc5c(c4)C4(c6ccccc6C56c5ccccc5-c5ccccc56)C5CC6CC(C5)CC4C6)cc3)nc(-c3ccc(N4c5ccccc5Sc5ccccc54)cc3)n2)cc1. The Morgan fingerprint density at radius 1 is 0.356 bits per heavy atom. The Morgan fingerprint density at radius 2 is 0.795 bits per heavy atom. The highest BCUT2D eigenvalue weighted by molar-refractivity contribution is 7.99. The van der Waals surface area contributed by atoms with Gasteiger partial charge in [0.2, 0.25) is 0 Å². The minimum atomic E-state index is -0.391. The van der Waals surface area contributed by atoms with Gasteiger partial charge in [-0.25, -0.2) is 15.0 Å². The summed E-state index contributed by atoms with van der Waals surface area (Å²) in [6, 6.07) is 81.2. The zero-order valence-electron chi connectivity index (χ0n) is 40.3. The Kier molecular flexibility index (Phi) is 9.04. The van der Waals surface area contributed by atoms with E-state index in [1.807, 2.05) is 30.0 Å². The van der Waals surface area contributed by atoms with Gasteiger partial charge in [0.1, 0.15) is 0 Å². The van der Waals surface area contributed by atoms with Crippen LogP contribution >= 0.6 is 11.8 Å². The van der Waals surface area contributed by atoms with Gasteiger partial charge in [-0.1, -0.05) is 176 Å². The Bertz CT molecular complexity index is 3740. The molecule has 9 aromatic carbocycles. The molecule has 0 atom stereocenters.